The highest BCUT2D eigenvalue weighted by molar-refractivity contribution is 6.26. The molecule has 138 heavy (non-hydrogen) atoms. The third-order valence-corrected chi connectivity index (χ3v) is 27.2. The van der Waals surface area contributed by atoms with Gasteiger partial charge in [0.2, 0.25) is 0 Å². The fourth-order valence-electron chi connectivity index (χ4n) is 19.9. The van der Waals surface area contributed by atoms with Crippen LogP contribution in [0.3, 0.4) is 0 Å². The Morgan fingerprint density at radius 2 is 0.623 bits per heavy atom. The fourth-order valence-corrected chi connectivity index (χ4v) is 19.9. The van der Waals surface area contributed by atoms with E-state index in [-0.39, 0.29) is 73.4 Å². The Balaban J connectivity index is 0.000000127. The van der Waals surface area contributed by atoms with Crippen LogP contribution in [-0.4, -0.2) is 260 Å². The minimum absolute atomic E-state index is 0.169. The number of pyridine rings is 1. The van der Waals surface area contributed by atoms with Crippen molar-refractivity contribution in [1.82, 2.24) is 44.2 Å². The molecule has 0 atom stereocenters. The maximum Gasteiger partial charge on any atom is 0.263 e. The van der Waals surface area contributed by atoms with Crippen LogP contribution in [0.15, 0.2) is 210 Å². The summed E-state index contributed by atoms with van der Waals surface area (Å²) in [7, 11) is 12.5. The number of imide groups is 4. The number of benzene rings is 8. The Bertz CT molecular complexity index is 6270. The number of amides is 8. The van der Waals surface area contributed by atoms with Gasteiger partial charge in [-0.2, -0.15) is 0 Å². The number of fused-ring (bicyclic) bond motifs is 4. The lowest BCUT2D eigenvalue weighted by atomic mass is 10.0. The molecule has 20 rings (SSSR count). The zero-order chi connectivity index (χ0) is 96.2. The molecule has 0 unspecified atom stereocenters. The van der Waals surface area contributed by atoms with Gasteiger partial charge in [-0.1, -0.05) is 67.4 Å². The molecule has 1 saturated carbocycles. The Morgan fingerprint density at radius 1 is 0.304 bits per heavy atom. The molecule has 5 fully saturated rings. The first-order chi connectivity index (χ1) is 67.2. The van der Waals surface area contributed by atoms with Gasteiger partial charge in [0.25, 0.3) is 47.3 Å². The molecule has 31 heteroatoms. The summed E-state index contributed by atoms with van der Waals surface area (Å²) >= 11 is 0. The quantitative estimate of drug-likeness (QED) is 0.0412. The van der Waals surface area contributed by atoms with E-state index in [1.165, 1.54) is 57.4 Å². The summed E-state index contributed by atoms with van der Waals surface area (Å²) in [6.07, 6.45) is 12.6. The van der Waals surface area contributed by atoms with Crippen LogP contribution in [0.1, 0.15) is 153 Å². The van der Waals surface area contributed by atoms with Crippen LogP contribution >= 0.6 is 0 Å². The maximum atomic E-state index is 13.5. The molecule has 8 amide bonds. The molecular formula is C107H117N13O18. The van der Waals surface area contributed by atoms with Crippen molar-refractivity contribution < 1.29 is 85.1 Å². The van der Waals surface area contributed by atoms with Crippen LogP contribution in [0, 0.1) is 12.8 Å². The van der Waals surface area contributed by atoms with Gasteiger partial charge in [0.1, 0.15) is 11.5 Å². The Morgan fingerprint density at radius 3 is 0.913 bits per heavy atom. The van der Waals surface area contributed by atoms with Crippen molar-refractivity contribution in [2.45, 2.75) is 78.4 Å². The van der Waals surface area contributed by atoms with Crippen LogP contribution in [0.25, 0.3) is 0 Å². The van der Waals surface area contributed by atoms with Crippen molar-refractivity contribution in [3.05, 3.63) is 290 Å². The second-order valence-electron chi connectivity index (χ2n) is 35.6. The lowest BCUT2D eigenvalue weighted by Crippen LogP contribution is -2.48. The second-order valence-corrected chi connectivity index (χ2v) is 35.6. The predicted octanol–water partition coefficient (Wildman–Crippen LogP) is 14.2. The van der Waals surface area contributed by atoms with E-state index < -0.39 is 0 Å². The van der Waals surface area contributed by atoms with E-state index in [9.17, 15) is 38.4 Å². The number of ether oxygens (including phenoxy) is 8. The summed E-state index contributed by atoms with van der Waals surface area (Å²) in [6.45, 7) is 19.9. The number of piperazine rings is 4. The Kier molecular flexibility index (Phi) is 29.8. The van der Waals surface area contributed by atoms with Crippen molar-refractivity contribution in [2.75, 3.05) is 188 Å². The summed E-state index contributed by atoms with van der Waals surface area (Å²) < 4.78 is 53.6. The number of nitrogens with zero attached hydrogens (tertiary/aromatic N) is 13. The fraction of sp³-hybridized carbons (Fsp3) is 0.355. The van der Waals surface area contributed by atoms with Crippen molar-refractivity contribution in [3.8, 4) is 46.0 Å². The predicted molar refractivity (Wildman–Crippen MR) is 520 cm³/mol. The van der Waals surface area contributed by atoms with E-state index in [4.69, 9.17) is 46.7 Å². The smallest absolute Gasteiger partial charge is 0.263 e. The van der Waals surface area contributed by atoms with E-state index in [1.807, 2.05) is 116 Å². The van der Waals surface area contributed by atoms with Gasteiger partial charge in [0, 0.05) is 142 Å². The molecule has 31 nitrogen and oxygen atoms in total. The highest BCUT2D eigenvalue weighted by atomic mass is 16.5. The van der Waals surface area contributed by atoms with Gasteiger partial charge in [-0.25, -0.2) is 0 Å². The Labute approximate surface area is 803 Å². The second kappa shape index (κ2) is 43.2. The van der Waals surface area contributed by atoms with E-state index in [0.29, 0.717) is 90.5 Å². The highest BCUT2D eigenvalue weighted by Crippen LogP contribution is 2.42. The van der Waals surface area contributed by atoms with Gasteiger partial charge in [0.15, 0.2) is 46.0 Å². The molecule has 8 aromatic carbocycles. The third-order valence-electron chi connectivity index (χ3n) is 27.2. The first-order valence-electron chi connectivity index (χ1n) is 46.9. The van der Waals surface area contributed by atoms with Crippen LogP contribution in [0.2, 0.25) is 0 Å². The van der Waals surface area contributed by atoms with Crippen molar-refractivity contribution >= 4 is 70.0 Å². The number of aromatic nitrogens is 1. The van der Waals surface area contributed by atoms with Crippen LogP contribution in [0.4, 0.5) is 22.7 Å². The molecule has 11 heterocycles. The van der Waals surface area contributed by atoms with Crippen molar-refractivity contribution in [2.24, 2.45) is 5.92 Å². The first-order valence-corrected chi connectivity index (χ1v) is 46.9. The molecular weight excluding hydrogens is 1760 g/mol. The Hall–Kier alpha value is -14.5. The van der Waals surface area contributed by atoms with Crippen LogP contribution < -0.4 is 57.5 Å². The molecule has 0 N–H and O–H groups in total. The summed E-state index contributed by atoms with van der Waals surface area (Å²) in [6, 6.07) is 54.0. The number of rotatable bonds is 28. The molecule has 4 saturated heterocycles. The lowest BCUT2D eigenvalue weighted by molar-refractivity contribution is 0.0627. The molecule has 9 aliphatic rings. The molecule has 8 aliphatic heterocycles. The maximum absolute atomic E-state index is 13.5. The van der Waals surface area contributed by atoms with Crippen LogP contribution in [-0.2, 0) is 45.8 Å². The number of anilines is 4. The molecule has 0 bridgehead atoms. The number of aryl methyl sites for hydroxylation is 1. The standard InChI is InChI=1S/C27H28N4O4.C27H29N3O5.C27H33N3O4.C26H27N3O5/c1-34-23-9-8-19(15-24(23)35-2)18-31-26(32)21-6-3-7-22(25(21)27(31)33)30-13-11-29(12-14-30)17-20-5-4-10-28-16-20;1-18-7-9-20(35-18)17-28-11-13-29(14-12-28)22-6-4-5-21-25(22)27(32)30(26(21)31)16-19-8-10-23(33-2)24(15-19)34-3;1-33-23-11-10-20(16-24(23)34-2)18-30-26(31)21-8-5-9-22(25(21)27(30)32)29-14-12-28(13-15-29)17-19-6-3-4-7-19;1-32-22-7-6-18(14-23(22)33-2)16-29-25(30)20-4-3-5-21(24(20)26(29)31)28-11-9-27(10-12-28)15-19-8-13-34-17-19/h3-10,15-16H,11-14,17-18H2,1-2H3;4-10,15H,11-14,16-17H2,1-3H3;5,8-11,16,19H,3-4,6-7,12-15,17-18H2,1-2H3;3-8,13-14,17H,9-12,15-16H2,1-2H3. The van der Waals surface area contributed by atoms with Crippen LogP contribution in [0.5, 0.6) is 46.0 Å². The van der Waals surface area contributed by atoms with Gasteiger partial charge in [-0.05, 0) is 175 Å². The van der Waals surface area contributed by atoms with Gasteiger partial charge in [0.05, 0.1) is 169 Å². The monoisotopic (exact) mass is 1870 g/mol. The summed E-state index contributed by atoms with van der Waals surface area (Å²) in [5.74, 6) is 5.35. The molecule has 11 aromatic rings. The number of furan rings is 2. The number of hydrogen-bond acceptors (Lipinski definition) is 27. The average molecular weight is 1870 g/mol. The third kappa shape index (κ3) is 20.6. The molecule has 0 spiro atoms. The normalized spacial score (nSPS) is 16.8. The zero-order valence-electron chi connectivity index (χ0n) is 79.6. The van der Waals surface area contributed by atoms with E-state index in [2.05, 4.69) is 50.2 Å². The van der Waals surface area contributed by atoms with Gasteiger partial charge in [-0.3, -0.25) is 82.5 Å². The van der Waals surface area contributed by atoms with Crippen molar-refractivity contribution in [1.29, 1.82) is 0 Å². The van der Waals surface area contributed by atoms with Gasteiger partial charge >= 0.3 is 0 Å². The first kappa shape index (κ1) is 95.2. The summed E-state index contributed by atoms with van der Waals surface area (Å²) in [5.41, 5.74) is 12.8. The molecule has 718 valence electrons. The number of carbonyl (C=O) groups is 8. The largest absolute Gasteiger partial charge is 0.493 e. The number of carbonyl (C=O) groups excluding carboxylic acids is 8. The minimum atomic E-state index is -0.270. The summed E-state index contributed by atoms with van der Waals surface area (Å²) in [5, 5.41) is 0. The average Bonchev–Trinajstić information content (AvgIpc) is 1.62. The number of methoxy groups -OCH3 is 8. The SMILES string of the molecule is COc1ccc(CN2C(=O)c3cccc(N4CCN(CC5CCCC5)CC4)c3C2=O)cc1OC.COc1ccc(CN2C(=O)c3cccc(N4CCN(Cc5ccc(C)o5)CC4)c3C2=O)cc1OC.COc1ccc(CN2C(=O)c3cccc(N4CCN(Cc5cccnc5)CC4)c3C2=O)cc1OC.COc1ccc(CN2C(=O)c3cccc(N4CCN(Cc5ccoc5)CC4)c3C2=O)cc1OC. The molecule has 3 aromatic heterocycles. The lowest BCUT2D eigenvalue weighted by Gasteiger charge is -2.37. The zero-order valence-corrected chi connectivity index (χ0v) is 79.6. The highest BCUT2D eigenvalue weighted by Gasteiger charge is 2.44. The van der Waals surface area contributed by atoms with E-state index in [0.717, 1.165) is 192 Å². The minimum Gasteiger partial charge on any atom is -0.493 e. The van der Waals surface area contributed by atoms with E-state index in [1.54, 1.807) is 142 Å². The van der Waals surface area contributed by atoms with Crippen molar-refractivity contribution in [3.63, 3.8) is 0 Å². The number of hydrogen-bond donors (Lipinski definition) is 0. The molecule has 1 aliphatic carbocycles. The summed E-state index contributed by atoms with van der Waals surface area (Å²) in [4.78, 5) is 135. The molecule has 0 radical (unpaired) electrons. The van der Waals surface area contributed by atoms with Gasteiger partial charge < -0.3 is 66.3 Å². The van der Waals surface area contributed by atoms with E-state index >= 15 is 0 Å². The van der Waals surface area contributed by atoms with Gasteiger partial charge in [-0.15, -0.1) is 0 Å². The topological polar surface area (TPSA) is 288 Å².